The summed E-state index contributed by atoms with van der Waals surface area (Å²) in [5, 5.41) is 15.2. The molecule has 1 atom stereocenters. The molecule has 11 nitrogen and oxygen atoms in total. The van der Waals surface area contributed by atoms with E-state index in [1.807, 2.05) is 12.1 Å². The van der Waals surface area contributed by atoms with Crippen molar-refractivity contribution in [2.24, 2.45) is 5.92 Å². The number of aliphatic carboxylic acids is 1. The molecule has 2 aliphatic carbocycles. The van der Waals surface area contributed by atoms with Gasteiger partial charge in [-0.15, -0.1) is 0 Å². The minimum atomic E-state index is -5.08. The van der Waals surface area contributed by atoms with E-state index in [4.69, 9.17) is 23.9 Å². The molecule has 2 aliphatic heterocycles. The second kappa shape index (κ2) is 12.9. The van der Waals surface area contributed by atoms with Crippen molar-refractivity contribution in [3.63, 3.8) is 0 Å². The highest BCUT2D eigenvalue weighted by molar-refractivity contribution is 7.90. The van der Waals surface area contributed by atoms with Crippen LogP contribution in [0.5, 0.6) is 5.75 Å². The Morgan fingerprint density at radius 3 is 2.38 bits per heavy atom. The van der Waals surface area contributed by atoms with Gasteiger partial charge < -0.3 is 24.4 Å². The summed E-state index contributed by atoms with van der Waals surface area (Å²) >= 11 is 0. The summed E-state index contributed by atoms with van der Waals surface area (Å²) < 4.78 is 80.1. The van der Waals surface area contributed by atoms with Crippen molar-refractivity contribution in [3.8, 4) is 5.75 Å². The second-order valence-electron chi connectivity index (χ2n) is 11.4. The number of benzene rings is 1. The van der Waals surface area contributed by atoms with Gasteiger partial charge >= 0.3 is 22.4 Å². The van der Waals surface area contributed by atoms with Crippen LogP contribution in [0.2, 0.25) is 0 Å². The zero-order valence-corrected chi connectivity index (χ0v) is 24.0. The summed E-state index contributed by atoms with van der Waals surface area (Å²) in [6.07, 6.45) is 5.00. The lowest BCUT2D eigenvalue weighted by molar-refractivity contribution is -0.192. The Morgan fingerprint density at radius 1 is 1.10 bits per heavy atom. The topological polar surface area (TPSA) is 143 Å². The van der Waals surface area contributed by atoms with Crippen molar-refractivity contribution >= 4 is 33.0 Å². The van der Waals surface area contributed by atoms with Crippen molar-refractivity contribution in [1.82, 2.24) is 14.8 Å². The van der Waals surface area contributed by atoms with Crippen molar-refractivity contribution in [1.29, 1.82) is 0 Å². The van der Waals surface area contributed by atoms with Gasteiger partial charge in [0.2, 0.25) is 0 Å². The summed E-state index contributed by atoms with van der Waals surface area (Å²) in [5.74, 6) is -0.560. The molecule has 0 spiro atoms. The van der Waals surface area contributed by atoms with Crippen LogP contribution in [0.1, 0.15) is 69.3 Å². The maximum Gasteiger partial charge on any atom is 0.490 e. The molecule has 2 aromatic rings. The minimum absolute atomic E-state index is 0.114. The summed E-state index contributed by atoms with van der Waals surface area (Å²) in [6.45, 7) is 3.47. The molecule has 234 valence electrons. The quantitative estimate of drug-likeness (QED) is 0.373. The van der Waals surface area contributed by atoms with E-state index in [-0.39, 0.29) is 18.0 Å². The van der Waals surface area contributed by atoms with Gasteiger partial charge in [0.1, 0.15) is 5.75 Å². The number of fused-ring (bicyclic) bond motifs is 1. The van der Waals surface area contributed by atoms with E-state index < -0.39 is 22.4 Å². The monoisotopic (exact) mass is 618 g/mol. The van der Waals surface area contributed by atoms with E-state index in [0.717, 1.165) is 50.3 Å². The smallest absolute Gasteiger partial charge is 0.490 e. The fourth-order valence-corrected chi connectivity index (χ4v) is 6.90. The maximum absolute atomic E-state index is 13.2. The molecule has 1 aromatic heterocycles. The molecule has 15 heteroatoms. The Morgan fingerprint density at radius 2 is 1.79 bits per heavy atom. The molecule has 3 N–H and O–H groups in total. The predicted octanol–water partition coefficient (Wildman–Crippen LogP) is 4.41. The lowest BCUT2D eigenvalue weighted by atomic mass is 10.1. The van der Waals surface area contributed by atoms with Gasteiger partial charge in [-0.25, -0.2) is 4.79 Å². The van der Waals surface area contributed by atoms with Gasteiger partial charge in [0.25, 0.3) is 0 Å². The van der Waals surface area contributed by atoms with Gasteiger partial charge in [-0.1, -0.05) is 18.0 Å². The Labute approximate surface area is 242 Å². The fraction of sp³-hybridized carbons (Fsp3) is 0.704. The number of nitrogens with zero attached hydrogens (tertiary/aromatic N) is 2. The van der Waals surface area contributed by atoms with Crippen LogP contribution in [0.3, 0.4) is 0 Å². The van der Waals surface area contributed by atoms with Gasteiger partial charge in [0.05, 0.1) is 24.2 Å². The zero-order valence-electron chi connectivity index (χ0n) is 23.2. The fourth-order valence-electron chi connectivity index (χ4n) is 5.69. The van der Waals surface area contributed by atoms with Crippen LogP contribution in [-0.2, 0) is 19.7 Å². The van der Waals surface area contributed by atoms with Crippen LogP contribution in [0.15, 0.2) is 16.7 Å². The third-order valence-corrected chi connectivity index (χ3v) is 9.67. The highest BCUT2D eigenvalue weighted by atomic mass is 32.2. The van der Waals surface area contributed by atoms with Gasteiger partial charge in [-0.2, -0.15) is 25.9 Å². The Bertz CT molecular complexity index is 1330. The number of carboxylic acids is 1. The third-order valence-electron chi connectivity index (χ3n) is 8.18. The lowest BCUT2D eigenvalue weighted by Gasteiger charge is -2.32. The Balaban J connectivity index is 0.000000451. The number of hydrogen-bond acceptors (Lipinski definition) is 8. The van der Waals surface area contributed by atoms with Crippen LogP contribution in [-0.4, -0.2) is 80.1 Å². The van der Waals surface area contributed by atoms with Gasteiger partial charge in [-0.05, 0) is 75.0 Å². The van der Waals surface area contributed by atoms with Crippen molar-refractivity contribution in [2.45, 2.75) is 82.1 Å². The number of carboxylic acid groups (broad SMARTS) is 1. The molecule has 0 amide bonds. The molecule has 1 aromatic carbocycles. The van der Waals surface area contributed by atoms with E-state index in [0.29, 0.717) is 48.7 Å². The molecule has 2 saturated heterocycles. The van der Waals surface area contributed by atoms with Gasteiger partial charge in [0, 0.05) is 25.7 Å². The highest BCUT2D eigenvalue weighted by Gasteiger charge is 2.38. The number of alkyl halides is 3. The van der Waals surface area contributed by atoms with E-state index in [1.54, 1.807) is 0 Å². The minimum Gasteiger partial charge on any atom is -0.493 e. The molecule has 0 bridgehead atoms. The molecule has 4 aliphatic rings. The molecular weight excluding hydrogens is 581 g/mol. The normalized spacial score (nSPS) is 22.7. The van der Waals surface area contributed by atoms with Crippen LogP contribution in [0.4, 0.5) is 19.0 Å². The number of rotatable bonds is 9. The van der Waals surface area contributed by atoms with Crippen LogP contribution in [0, 0.1) is 5.92 Å². The average Bonchev–Trinajstić information content (AvgIpc) is 3.27. The van der Waals surface area contributed by atoms with E-state index in [1.165, 1.54) is 30.0 Å². The maximum atomic E-state index is 13.2. The number of aromatic nitrogens is 1. The largest absolute Gasteiger partial charge is 0.493 e. The van der Waals surface area contributed by atoms with E-state index in [9.17, 15) is 21.6 Å². The van der Waals surface area contributed by atoms with Crippen molar-refractivity contribution < 1.29 is 45.5 Å². The van der Waals surface area contributed by atoms with Gasteiger partial charge in [0.15, 0.2) is 11.4 Å². The molecule has 42 heavy (non-hydrogen) atoms. The molecule has 6 rings (SSSR count). The first-order valence-corrected chi connectivity index (χ1v) is 15.9. The first kappa shape index (κ1) is 30.8. The average molecular weight is 619 g/mol. The van der Waals surface area contributed by atoms with Crippen LogP contribution < -0.4 is 14.8 Å². The number of carbonyl (C=O) groups is 1. The van der Waals surface area contributed by atoms with Gasteiger partial charge in [-0.3, -0.25) is 4.72 Å². The first-order chi connectivity index (χ1) is 20.0. The SMILES string of the molecule is O=C(O)C(F)(F)F.O=S(=O)(Nc1noc2cc(OCC3CCCC3)c(C3CC3)cc12)N1CCC(O[C@H]2CCNC2)CC1. The molecule has 0 radical (unpaired) electrons. The molecule has 0 unspecified atom stereocenters. The summed E-state index contributed by atoms with van der Waals surface area (Å²) in [4.78, 5) is 8.90. The summed E-state index contributed by atoms with van der Waals surface area (Å²) in [6, 6.07) is 3.91. The van der Waals surface area contributed by atoms with Crippen molar-refractivity contribution in [3.05, 3.63) is 17.7 Å². The van der Waals surface area contributed by atoms with Crippen LogP contribution >= 0.6 is 0 Å². The van der Waals surface area contributed by atoms with Crippen molar-refractivity contribution in [2.75, 3.05) is 37.5 Å². The van der Waals surface area contributed by atoms with E-state index >= 15 is 0 Å². The lowest BCUT2D eigenvalue weighted by Crippen LogP contribution is -2.44. The predicted molar refractivity (Wildman–Crippen MR) is 147 cm³/mol. The number of hydrogen-bond donors (Lipinski definition) is 3. The number of nitrogens with one attached hydrogen (secondary N) is 2. The summed E-state index contributed by atoms with van der Waals surface area (Å²) in [7, 11) is -3.74. The number of ether oxygens (including phenoxy) is 2. The third kappa shape index (κ3) is 7.85. The van der Waals surface area contributed by atoms with E-state index in [2.05, 4.69) is 15.2 Å². The zero-order chi connectivity index (χ0) is 29.9. The summed E-state index contributed by atoms with van der Waals surface area (Å²) in [5.41, 5.74) is 1.68. The number of anilines is 1. The molecular formula is C27H37F3N4O7S. The molecule has 2 saturated carbocycles. The number of piperidine rings is 1. The van der Waals surface area contributed by atoms with Crippen LogP contribution in [0.25, 0.3) is 11.0 Å². The Hall–Kier alpha value is -2.62. The highest BCUT2D eigenvalue weighted by Crippen LogP contribution is 2.47. The standard InChI is InChI=1S/C25H36N4O5S.C2HF3O2/c30-35(31,29-11-8-19(9-12-29)33-20-7-10-26-15-20)28-25-22-13-21(18-5-6-18)23(14-24(22)34-27-25)32-16-17-3-1-2-4-17;3-2(4,5)1(6)7/h13-14,17-20,26H,1-12,15-16H2,(H,27,28);(H,6,7)/t20-;/m0./s1. The molecule has 4 fully saturated rings. The first-order valence-electron chi connectivity index (χ1n) is 14.5. The Kier molecular flexibility index (Phi) is 9.50. The number of halogens is 3. The molecule has 3 heterocycles. The second-order valence-corrected chi connectivity index (χ2v) is 13.1.